The zero-order valence-electron chi connectivity index (χ0n) is 11.9. The van der Waals surface area contributed by atoms with Gasteiger partial charge < -0.3 is 0 Å². The molecule has 6 nitrogen and oxygen atoms in total. The summed E-state index contributed by atoms with van der Waals surface area (Å²) in [6.45, 7) is 1.89. The molecule has 22 heavy (non-hydrogen) atoms. The van der Waals surface area contributed by atoms with E-state index in [1.54, 1.807) is 24.3 Å². The molecule has 0 aliphatic heterocycles. The second kappa shape index (κ2) is 5.44. The Bertz CT molecular complexity index is 779. The van der Waals surface area contributed by atoms with Crippen molar-refractivity contribution in [2.45, 2.75) is 35.8 Å². The Hall–Kier alpha value is -1.80. The molecule has 3 rings (SSSR count). The summed E-state index contributed by atoms with van der Waals surface area (Å²) >= 11 is 1.16. The van der Waals surface area contributed by atoms with Crippen LogP contribution < -0.4 is 5.32 Å². The molecule has 1 amide bonds. The molecule has 1 fully saturated rings. The molecule has 1 aliphatic rings. The van der Waals surface area contributed by atoms with Crippen molar-refractivity contribution < 1.29 is 13.2 Å². The number of benzene rings is 1. The molecular formula is C14H15N3O3S2. The summed E-state index contributed by atoms with van der Waals surface area (Å²) in [5, 5.41) is 10.3. The predicted molar refractivity (Wildman–Crippen MR) is 83.5 cm³/mol. The van der Waals surface area contributed by atoms with Crippen LogP contribution in [-0.4, -0.2) is 29.3 Å². The Kier molecular flexibility index (Phi) is 3.73. The minimum absolute atomic E-state index is 0.185. The summed E-state index contributed by atoms with van der Waals surface area (Å²) in [7, 11) is -3.74. The number of aromatic nitrogens is 2. The number of anilines is 1. The van der Waals surface area contributed by atoms with E-state index >= 15 is 0 Å². The number of carbonyl (C=O) groups is 1. The van der Waals surface area contributed by atoms with E-state index in [1.807, 2.05) is 6.92 Å². The molecule has 1 N–H and O–H groups in total. The van der Waals surface area contributed by atoms with Gasteiger partial charge in [-0.25, -0.2) is 8.42 Å². The molecule has 1 heterocycles. The third kappa shape index (κ3) is 2.32. The number of hydrogen-bond donors (Lipinski definition) is 1. The van der Waals surface area contributed by atoms with Gasteiger partial charge >= 0.3 is 0 Å². The third-order valence-corrected chi connectivity index (χ3v) is 7.12. The molecule has 0 radical (unpaired) electrons. The van der Waals surface area contributed by atoms with Gasteiger partial charge in [-0.1, -0.05) is 29.0 Å². The maximum absolute atomic E-state index is 12.9. The van der Waals surface area contributed by atoms with Gasteiger partial charge in [-0.3, -0.25) is 10.1 Å². The first-order chi connectivity index (χ1) is 10.5. The molecule has 116 valence electrons. The fourth-order valence-electron chi connectivity index (χ4n) is 2.50. The van der Waals surface area contributed by atoms with E-state index in [0.29, 0.717) is 24.4 Å². The van der Waals surface area contributed by atoms with Crippen molar-refractivity contribution in [3.63, 3.8) is 0 Å². The zero-order chi connectivity index (χ0) is 15.8. The summed E-state index contributed by atoms with van der Waals surface area (Å²) in [6, 6.07) is 6.59. The van der Waals surface area contributed by atoms with Gasteiger partial charge in [-0.05, 0) is 38.3 Å². The van der Waals surface area contributed by atoms with Crippen molar-refractivity contribution in [2.75, 3.05) is 5.32 Å². The quantitative estimate of drug-likeness (QED) is 0.923. The maximum Gasteiger partial charge on any atom is 0.248 e. The SMILES string of the molecule is Cc1ccc(S(=O)(=O)C2(C(=O)Nc3nncs3)CCC2)cc1. The van der Waals surface area contributed by atoms with Crippen LogP contribution in [0.1, 0.15) is 24.8 Å². The van der Waals surface area contributed by atoms with Crippen LogP contribution in [0.15, 0.2) is 34.7 Å². The summed E-state index contributed by atoms with van der Waals surface area (Å²) in [5.74, 6) is -0.518. The average molecular weight is 337 g/mol. The Morgan fingerprint density at radius 1 is 1.27 bits per heavy atom. The summed E-state index contributed by atoms with van der Waals surface area (Å²) < 4.78 is 24.5. The molecular weight excluding hydrogens is 322 g/mol. The molecule has 1 saturated carbocycles. The molecule has 1 aromatic carbocycles. The van der Waals surface area contributed by atoms with Crippen molar-refractivity contribution in [1.82, 2.24) is 10.2 Å². The lowest BCUT2D eigenvalue weighted by molar-refractivity contribution is -0.120. The van der Waals surface area contributed by atoms with Crippen LogP contribution in [0, 0.1) is 6.92 Å². The first-order valence-corrected chi connectivity index (χ1v) is 9.21. The predicted octanol–water partition coefficient (Wildman–Crippen LogP) is 2.18. The number of nitrogens with zero attached hydrogens (tertiary/aromatic N) is 2. The number of amides is 1. The Morgan fingerprint density at radius 3 is 2.45 bits per heavy atom. The van der Waals surface area contributed by atoms with Crippen molar-refractivity contribution >= 4 is 32.2 Å². The minimum atomic E-state index is -3.74. The molecule has 0 spiro atoms. The lowest BCUT2D eigenvalue weighted by Gasteiger charge is -2.38. The van der Waals surface area contributed by atoms with Gasteiger partial charge in [0.1, 0.15) is 5.51 Å². The Morgan fingerprint density at radius 2 is 1.95 bits per heavy atom. The Labute approximate surface area is 132 Å². The molecule has 0 bridgehead atoms. The van der Waals surface area contributed by atoms with Crippen molar-refractivity contribution in [2.24, 2.45) is 0 Å². The summed E-state index contributed by atoms with van der Waals surface area (Å²) in [6.07, 6.45) is 1.37. The first kappa shape index (κ1) is 15.1. The van der Waals surface area contributed by atoms with Crippen LogP contribution in [0.3, 0.4) is 0 Å². The van der Waals surface area contributed by atoms with Gasteiger partial charge in [-0.15, -0.1) is 10.2 Å². The number of aryl methyl sites for hydroxylation is 1. The summed E-state index contributed by atoms with van der Waals surface area (Å²) in [5.41, 5.74) is 2.46. The van der Waals surface area contributed by atoms with Gasteiger partial charge in [0.05, 0.1) is 4.90 Å². The second-order valence-corrected chi connectivity index (χ2v) is 8.46. The lowest BCUT2D eigenvalue weighted by Crippen LogP contribution is -2.54. The van der Waals surface area contributed by atoms with E-state index in [4.69, 9.17) is 0 Å². The molecule has 1 aromatic heterocycles. The standard InChI is InChI=1S/C14H15N3O3S2/c1-10-3-5-11(6-4-10)22(19,20)14(7-2-8-14)12(18)16-13-17-15-9-21-13/h3-6,9H,2,7-8H2,1H3,(H,16,17,18). The molecule has 0 unspecified atom stereocenters. The Balaban J connectivity index is 1.95. The average Bonchev–Trinajstić information content (AvgIpc) is 2.90. The highest BCUT2D eigenvalue weighted by Crippen LogP contribution is 2.43. The number of hydrogen-bond acceptors (Lipinski definition) is 6. The summed E-state index contributed by atoms with van der Waals surface area (Å²) in [4.78, 5) is 12.7. The van der Waals surface area contributed by atoms with E-state index in [9.17, 15) is 13.2 Å². The van der Waals surface area contributed by atoms with Crippen LogP contribution in [0.2, 0.25) is 0 Å². The van der Waals surface area contributed by atoms with Crippen molar-refractivity contribution in [3.05, 3.63) is 35.3 Å². The monoisotopic (exact) mass is 337 g/mol. The zero-order valence-corrected chi connectivity index (χ0v) is 13.6. The molecule has 0 saturated heterocycles. The highest BCUT2D eigenvalue weighted by atomic mass is 32.2. The number of sulfone groups is 1. The molecule has 0 atom stereocenters. The molecule has 1 aliphatic carbocycles. The van der Waals surface area contributed by atoms with E-state index in [1.165, 1.54) is 5.51 Å². The van der Waals surface area contributed by atoms with E-state index < -0.39 is 20.5 Å². The molecule has 2 aromatic rings. The van der Waals surface area contributed by atoms with Gasteiger partial charge in [0.25, 0.3) is 0 Å². The number of nitrogens with one attached hydrogen (secondary N) is 1. The maximum atomic E-state index is 12.9. The number of carbonyl (C=O) groups excluding carboxylic acids is 1. The van der Waals surface area contributed by atoms with Crippen LogP contribution >= 0.6 is 11.3 Å². The van der Waals surface area contributed by atoms with Crippen molar-refractivity contribution in [1.29, 1.82) is 0 Å². The fraction of sp³-hybridized carbons (Fsp3) is 0.357. The topological polar surface area (TPSA) is 89.0 Å². The first-order valence-electron chi connectivity index (χ1n) is 6.85. The highest BCUT2D eigenvalue weighted by molar-refractivity contribution is 7.93. The van der Waals surface area contributed by atoms with Crippen LogP contribution in [0.5, 0.6) is 0 Å². The highest BCUT2D eigenvalue weighted by Gasteiger charge is 2.55. The van der Waals surface area contributed by atoms with Crippen LogP contribution in [-0.2, 0) is 14.6 Å². The minimum Gasteiger partial charge on any atom is -0.299 e. The van der Waals surface area contributed by atoms with Crippen LogP contribution in [0.25, 0.3) is 0 Å². The van der Waals surface area contributed by atoms with Crippen LogP contribution in [0.4, 0.5) is 5.13 Å². The van der Waals surface area contributed by atoms with E-state index in [2.05, 4.69) is 15.5 Å². The van der Waals surface area contributed by atoms with E-state index in [0.717, 1.165) is 16.9 Å². The van der Waals surface area contributed by atoms with Gasteiger partial charge in [0.2, 0.25) is 11.0 Å². The smallest absolute Gasteiger partial charge is 0.248 e. The largest absolute Gasteiger partial charge is 0.299 e. The number of rotatable bonds is 4. The molecule has 8 heteroatoms. The van der Waals surface area contributed by atoms with E-state index in [-0.39, 0.29) is 4.90 Å². The van der Waals surface area contributed by atoms with Gasteiger partial charge in [-0.2, -0.15) is 0 Å². The lowest BCUT2D eigenvalue weighted by atomic mass is 9.83. The van der Waals surface area contributed by atoms with Gasteiger partial charge in [0, 0.05) is 0 Å². The van der Waals surface area contributed by atoms with Gasteiger partial charge in [0.15, 0.2) is 14.6 Å². The fourth-order valence-corrected chi connectivity index (χ4v) is 5.00. The van der Waals surface area contributed by atoms with Crippen molar-refractivity contribution in [3.8, 4) is 0 Å². The normalized spacial score (nSPS) is 16.8. The third-order valence-electron chi connectivity index (χ3n) is 4.00. The second-order valence-electron chi connectivity index (χ2n) is 5.36.